The molecule has 1 heterocycles. The van der Waals surface area contributed by atoms with Gasteiger partial charge in [-0.15, -0.1) is 0 Å². The first kappa shape index (κ1) is 20.9. The number of rotatable bonds is 9. The van der Waals surface area contributed by atoms with Gasteiger partial charge in [-0.2, -0.15) is 0 Å². The van der Waals surface area contributed by atoms with Crippen LogP contribution in [-0.4, -0.2) is 52.9 Å². The average Bonchev–Trinajstić information content (AvgIpc) is 2.63. The third-order valence-electron chi connectivity index (χ3n) is 4.51. The van der Waals surface area contributed by atoms with Gasteiger partial charge in [-0.25, -0.2) is 9.97 Å². The first-order valence-electron chi connectivity index (χ1n) is 9.31. The second-order valence-electron chi connectivity index (χ2n) is 6.65. The Labute approximate surface area is 159 Å². The Kier molecular flexibility index (Phi) is 8.54. The number of ether oxygens (including phenoxy) is 1. The Hall–Kier alpha value is -1.44. The summed E-state index contributed by atoms with van der Waals surface area (Å²) in [5.74, 6) is 1.16. The summed E-state index contributed by atoms with van der Waals surface area (Å²) in [6.45, 7) is 5.15. The number of carbonyl (C=O) groups excluding carboxylic acids is 1. The van der Waals surface area contributed by atoms with E-state index in [0.29, 0.717) is 42.7 Å². The van der Waals surface area contributed by atoms with Crippen LogP contribution in [0.4, 0.5) is 5.82 Å². The van der Waals surface area contributed by atoms with Crippen LogP contribution < -0.4 is 10.6 Å². The number of aliphatic hydroxyl groups excluding tert-OH is 1. The number of hydrogen-bond acceptors (Lipinski definition) is 6. The number of anilines is 1. The Morgan fingerprint density at radius 2 is 2.27 bits per heavy atom. The van der Waals surface area contributed by atoms with Crippen molar-refractivity contribution >= 4 is 23.3 Å². The molecule has 26 heavy (non-hydrogen) atoms. The lowest BCUT2D eigenvalue weighted by atomic mass is 9.83. The van der Waals surface area contributed by atoms with Crippen molar-refractivity contribution in [2.24, 2.45) is 5.92 Å². The number of hydrogen-bond donors (Lipinski definition) is 3. The summed E-state index contributed by atoms with van der Waals surface area (Å²) >= 11 is 6.22. The van der Waals surface area contributed by atoms with Gasteiger partial charge in [-0.3, -0.25) is 4.79 Å². The zero-order valence-corrected chi connectivity index (χ0v) is 16.3. The van der Waals surface area contributed by atoms with Crippen molar-refractivity contribution in [2.45, 2.75) is 58.1 Å². The third kappa shape index (κ3) is 6.07. The fourth-order valence-corrected chi connectivity index (χ4v) is 3.31. The van der Waals surface area contributed by atoms with Crippen LogP contribution >= 0.6 is 11.6 Å². The number of aromatic nitrogens is 2. The molecule has 0 bridgehead atoms. The molecule has 0 radical (unpaired) electrons. The number of carbonyl (C=O) groups is 1. The van der Waals surface area contributed by atoms with Gasteiger partial charge in [0, 0.05) is 25.7 Å². The average molecular weight is 385 g/mol. The van der Waals surface area contributed by atoms with E-state index in [1.54, 1.807) is 6.20 Å². The minimum absolute atomic E-state index is 0.0165. The fourth-order valence-electron chi connectivity index (χ4n) is 3.17. The molecule has 0 unspecified atom stereocenters. The maximum Gasteiger partial charge on any atom is 0.223 e. The van der Waals surface area contributed by atoms with E-state index in [-0.39, 0.29) is 30.6 Å². The van der Waals surface area contributed by atoms with E-state index in [2.05, 4.69) is 27.5 Å². The van der Waals surface area contributed by atoms with Crippen molar-refractivity contribution in [1.29, 1.82) is 0 Å². The smallest absolute Gasteiger partial charge is 0.223 e. The largest absolute Gasteiger partial charge is 0.396 e. The molecule has 0 spiro atoms. The Morgan fingerprint density at radius 3 is 3.00 bits per heavy atom. The molecule has 0 saturated heterocycles. The second kappa shape index (κ2) is 10.6. The Balaban J connectivity index is 2.05. The Bertz CT molecular complexity index is 588. The van der Waals surface area contributed by atoms with Gasteiger partial charge in [0.1, 0.15) is 16.7 Å². The van der Waals surface area contributed by atoms with Crippen LogP contribution in [0.15, 0.2) is 6.20 Å². The van der Waals surface area contributed by atoms with E-state index >= 15 is 0 Å². The van der Waals surface area contributed by atoms with Crippen molar-refractivity contribution in [3.63, 3.8) is 0 Å². The number of aryl methyl sites for hydroxylation is 1. The zero-order chi connectivity index (χ0) is 18.9. The molecule has 1 aromatic heterocycles. The van der Waals surface area contributed by atoms with Gasteiger partial charge >= 0.3 is 0 Å². The first-order chi connectivity index (χ1) is 12.5. The summed E-state index contributed by atoms with van der Waals surface area (Å²) in [6.07, 6.45) is 5.35. The number of amides is 1. The lowest BCUT2D eigenvalue weighted by molar-refractivity contribution is -0.127. The predicted octanol–water partition coefficient (Wildman–Crippen LogP) is 2.31. The Morgan fingerprint density at radius 1 is 1.46 bits per heavy atom. The highest BCUT2D eigenvalue weighted by Gasteiger charge is 2.35. The normalized spacial score (nSPS) is 22.8. The van der Waals surface area contributed by atoms with Crippen LogP contribution in [0.3, 0.4) is 0 Å². The predicted molar refractivity (Wildman–Crippen MR) is 101 cm³/mol. The van der Waals surface area contributed by atoms with Gasteiger partial charge < -0.3 is 20.5 Å². The standard InChI is InChI=1S/C18H29ClN4O3/c1-3-9-26-16-6-5-13(18(25)20-7-4-8-24)10-15(16)23-17-14(19)11-21-12(2)22-17/h11,13,15-16,24H,3-10H2,1-2H3,(H,20,25)(H,21,22,23)/t13-,15+,16+/m0/s1. The van der Waals surface area contributed by atoms with Gasteiger partial charge in [0.2, 0.25) is 5.91 Å². The van der Waals surface area contributed by atoms with E-state index in [9.17, 15) is 4.79 Å². The lowest BCUT2D eigenvalue weighted by Gasteiger charge is -2.36. The van der Waals surface area contributed by atoms with E-state index in [0.717, 1.165) is 19.3 Å². The molecule has 1 amide bonds. The highest BCUT2D eigenvalue weighted by atomic mass is 35.5. The molecule has 3 N–H and O–H groups in total. The lowest BCUT2D eigenvalue weighted by Crippen LogP contribution is -2.45. The molecule has 1 saturated carbocycles. The maximum absolute atomic E-state index is 12.4. The first-order valence-corrected chi connectivity index (χ1v) is 9.68. The van der Waals surface area contributed by atoms with Crippen molar-refractivity contribution < 1.29 is 14.6 Å². The molecule has 1 fully saturated rings. The highest BCUT2D eigenvalue weighted by molar-refractivity contribution is 6.32. The van der Waals surface area contributed by atoms with Crippen molar-refractivity contribution in [3.05, 3.63) is 17.0 Å². The summed E-state index contributed by atoms with van der Waals surface area (Å²) < 4.78 is 6.00. The van der Waals surface area contributed by atoms with Gasteiger partial charge in [0.25, 0.3) is 0 Å². The molecular weight excluding hydrogens is 356 g/mol. The van der Waals surface area contributed by atoms with E-state index < -0.39 is 0 Å². The monoisotopic (exact) mass is 384 g/mol. The van der Waals surface area contributed by atoms with Crippen molar-refractivity contribution in [3.8, 4) is 0 Å². The topological polar surface area (TPSA) is 96.4 Å². The summed E-state index contributed by atoms with van der Waals surface area (Å²) in [7, 11) is 0. The summed E-state index contributed by atoms with van der Waals surface area (Å²) in [6, 6.07) is -0.0457. The van der Waals surface area contributed by atoms with Gasteiger partial charge in [0.15, 0.2) is 0 Å². The van der Waals surface area contributed by atoms with E-state index in [1.807, 2.05) is 6.92 Å². The maximum atomic E-state index is 12.4. The molecule has 7 nitrogen and oxygen atoms in total. The van der Waals surface area contributed by atoms with Gasteiger partial charge in [0.05, 0.1) is 18.3 Å². The molecule has 3 atom stereocenters. The molecule has 1 aliphatic carbocycles. The van der Waals surface area contributed by atoms with E-state index in [4.69, 9.17) is 21.4 Å². The molecule has 2 rings (SSSR count). The van der Waals surface area contributed by atoms with Crippen molar-refractivity contribution in [1.82, 2.24) is 15.3 Å². The van der Waals surface area contributed by atoms with Crippen LogP contribution in [-0.2, 0) is 9.53 Å². The molecule has 1 aliphatic rings. The molecule has 0 aliphatic heterocycles. The van der Waals surface area contributed by atoms with Crippen LogP contribution in [0.1, 0.15) is 44.9 Å². The van der Waals surface area contributed by atoms with Crippen LogP contribution in [0.2, 0.25) is 5.02 Å². The highest BCUT2D eigenvalue weighted by Crippen LogP contribution is 2.30. The minimum atomic E-state index is -0.0885. The van der Waals surface area contributed by atoms with Gasteiger partial charge in [-0.05, 0) is 39.0 Å². The second-order valence-corrected chi connectivity index (χ2v) is 7.06. The van der Waals surface area contributed by atoms with Crippen LogP contribution in [0, 0.1) is 12.8 Å². The number of halogens is 1. The summed E-state index contributed by atoms with van der Waals surface area (Å²) in [5, 5.41) is 15.6. The third-order valence-corrected chi connectivity index (χ3v) is 4.79. The number of aliphatic hydroxyl groups is 1. The number of nitrogens with one attached hydrogen (secondary N) is 2. The molecular formula is C18H29ClN4O3. The molecule has 146 valence electrons. The van der Waals surface area contributed by atoms with Crippen molar-refractivity contribution in [2.75, 3.05) is 25.1 Å². The number of nitrogens with zero attached hydrogens (tertiary/aromatic N) is 2. The summed E-state index contributed by atoms with van der Waals surface area (Å²) in [5.41, 5.74) is 0. The molecule has 8 heteroatoms. The van der Waals surface area contributed by atoms with Gasteiger partial charge in [-0.1, -0.05) is 18.5 Å². The van der Waals surface area contributed by atoms with Crippen LogP contribution in [0.25, 0.3) is 0 Å². The molecule has 0 aromatic carbocycles. The summed E-state index contributed by atoms with van der Waals surface area (Å²) in [4.78, 5) is 20.9. The minimum Gasteiger partial charge on any atom is -0.396 e. The molecule has 1 aromatic rings. The fraction of sp³-hybridized carbons (Fsp3) is 0.722. The SMILES string of the molecule is CCCO[C@@H]1CC[C@H](C(=O)NCCCO)C[C@H]1Nc1nc(C)ncc1Cl. The van der Waals surface area contributed by atoms with E-state index in [1.165, 1.54) is 0 Å². The van der Waals surface area contributed by atoms with Crippen LogP contribution in [0.5, 0.6) is 0 Å². The zero-order valence-electron chi connectivity index (χ0n) is 15.5. The quantitative estimate of drug-likeness (QED) is 0.565.